The van der Waals surface area contributed by atoms with Gasteiger partial charge in [-0.05, 0) is 52.0 Å². The molecule has 3 saturated heterocycles. The summed E-state index contributed by atoms with van der Waals surface area (Å²) < 4.78 is 1.03. The number of carbonyl (C=O) groups is 1. The third-order valence-electron chi connectivity index (χ3n) is 6.09. The van der Waals surface area contributed by atoms with Crippen LogP contribution in [0.4, 0.5) is 5.69 Å². The smallest absolute Gasteiger partial charge is 0.241 e. The molecule has 0 radical (unpaired) electrons. The number of carbonyl (C=O) groups excluding carboxylic acids is 1. The second kappa shape index (κ2) is 7.00. The Morgan fingerprint density at radius 1 is 1.19 bits per heavy atom. The molecule has 140 valence electrons. The van der Waals surface area contributed by atoms with Crippen molar-refractivity contribution in [3.63, 3.8) is 0 Å². The summed E-state index contributed by atoms with van der Waals surface area (Å²) in [6.07, 6.45) is 5.96. The summed E-state index contributed by atoms with van der Waals surface area (Å²) in [6.45, 7) is 4.37. The van der Waals surface area contributed by atoms with E-state index in [1.54, 1.807) is 0 Å². The molecule has 0 spiro atoms. The number of aromatic nitrogens is 1. The molecule has 2 atom stereocenters. The molecule has 3 fully saturated rings. The van der Waals surface area contributed by atoms with Crippen LogP contribution in [0.15, 0.2) is 47.2 Å². The van der Waals surface area contributed by atoms with E-state index in [-0.39, 0.29) is 5.91 Å². The van der Waals surface area contributed by atoms with Crippen molar-refractivity contribution in [3.8, 4) is 0 Å². The zero-order chi connectivity index (χ0) is 18.4. The Morgan fingerprint density at radius 3 is 2.81 bits per heavy atom. The summed E-state index contributed by atoms with van der Waals surface area (Å²) in [5, 5.41) is 0. The maximum atomic E-state index is 12.9. The summed E-state index contributed by atoms with van der Waals surface area (Å²) in [5.41, 5.74) is 3.64. The van der Waals surface area contributed by atoms with E-state index in [1.165, 1.54) is 17.5 Å². The molecule has 4 aliphatic rings. The molecule has 0 saturated carbocycles. The van der Waals surface area contributed by atoms with Crippen molar-refractivity contribution >= 4 is 27.5 Å². The first kappa shape index (κ1) is 17.3. The fourth-order valence-electron chi connectivity index (χ4n) is 4.80. The largest absolute Gasteiger partial charge is 0.311 e. The third-order valence-corrected chi connectivity index (χ3v) is 6.53. The molecule has 27 heavy (non-hydrogen) atoms. The van der Waals surface area contributed by atoms with E-state index in [9.17, 15) is 4.79 Å². The fourth-order valence-corrected chi connectivity index (χ4v) is 5.21. The van der Waals surface area contributed by atoms with Crippen molar-refractivity contribution in [2.45, 2.75) is 31.5 Å². The van der Waals surface area contributed by atoms with Gasteiger partial charge >= 0.3 is 0 Å². The minimum atomic E-state index is 0.249. The van der Waals surface area contributed by atoms with Crippen LogP contribution >= 0.6 is 15.9 Å². The highest BCUT2D eigenvalue weighted by molar-refractivity contribution is 9.10. The van der Waals surface area contributed by atoms with Crippen LogP contribution in [0.25, 0.3) is 0 Å². The van der Waals surface area contributed by atoms with E-state index in [4.69, 9.17) is 0 Å². The lowest BCUT2D eigenvalue weighted by atomic mass is 9.87. The van der Waals surface area contributed by atoms with Crippen molar-refractivity contribution in [2.24, 2.45) is 0 Å². The molecule has 2 aromatic rings. The molecule has 5 nitrogen and oxygen atoms in total. The summed E-state index contributed by atoms with van der Waals surface area (Å²) >= 11 is 3.50. The van der Waals surface area contributed by atoms with Gasteiger partial charge in [0.1, 0.15) is 0 Å². The van der Waals surface area contributed by atoms with Crippen LogP contribution in [0.5, 0.6) is 0 Å². The van der Waals surface area contributed by atoms with Crippen molar-refractivity contribution in [1.29, 1.82) is 0 Å². The lowest BCUT2D eigenvalue weighted by Crippen LogP contribution is -2.69. The Hall–Kier alpha value is -1.76. The van der Waals surface area contributed by atoms with Crippen LogP contribution in [0.2, 0.25) is 0 Å². The normalized spacial score (nSPS) is 24.6. The Bertz CT molecular complexity index is 861. The zero-order valence-corrected chi connectivity index (χ0v) is 16.8. The van der Waals surface area contributed by atoms with Gasteiger partial charge < -0.3 is 4.90 Å². The van der Waals surface area contributed by atoms with Crippen LogP contribution in [0, 0.1) is 0 Å². The Balaban J connectivity index is 1.19. The molecule has 6 heteroatoms. The van der Waals surface area contributed by atoms with Gasteiger partial charge in [0, 0.05) is 60.8 Å². The van der Waals surface area contributed by atoms with Gasteiger partial charge in [0.05, 0.1) is 6.54 Å². The molecular formula is C21H23BrN4O. The highest BCUT2D eigenvalue weighted by Gasteiger charge is 2.45. The van der Waals surface area contributed by atoms with E-state index >= 15 is 0 Å². The number of piperidine rings is 1. The van der Waals surface area contributed by atoms with Gasteiger partial charge in [-0.25, -0.2) is 0 Å². The van der Waals surface area contributed by atoms with Crippen molar-refractivity contribution < 1.29 is 4.79 Å². The highest BCUT2D eigenvalue weighted by Crippen LogP contribution is 2.34. The van der Waals surface area contributed by atoms with Crippen molar-refractivity contribution in [1.82, 2.24) is 14.8 Å². The topological polar surface area (TPSA) is 39.7 Å². The second-order valence-corrected chi connectivity index (χ2v) is 8.76. The predicted octanol–water partition coefficient (Wildman–Crippen LogP) is 2.69. The first-order valence-electron chi connectivity index (χ1n) is 9.63. The lowest BCUT2D eigenvalue weighted by Gasteiger charge is -2.56. The molecule has 0 aliphatic carbocycles. The Labute approximate surface area is 168 Å². The minimum Gasteiger partial charge on any atom is -0.311 e. The van der Waals surface area contributed by atoms with Crippen LogP contribution < -0.4 is 4.90 Å². The minimum absolute atomic E-state index is 0.249. The predicted molar refractivity (Wildman–Crippen MR) is 109 cm³/mol. The number of hydrogen-bond donors (Lipinski definition) is 0. The molecule has 5 heterocycles. The van der Waals surface area contributed by atoms with E-state index in [0.717, 1.165) is 42.8 Å². The summed E-state index contributed by atoms with van der Waals surface area (Å²) in [4.78, 5) is 24.1. The monoisotopic (exact) mass is 426 g/mol. The van der Waals surface area contributed by atoms with Crippen LogP contribution in [-0.4, -0.2) is 59.0 Å². The maximum absolute atomic E-state index is 12.9. The summed E-state index contributed by atoms with van der Waals surface area (Å²) in [7, 11) is 0. The third kappa shape index (κ3) is 3.30. The van der Waals surface area contributed by atoms with Gasteiger partial charge in [-0.1, -0.05) is 18.2 Å². The number of hydrogen-bond acceptors (Lipinski definition) is 4. The molecule has 2 bridgehead atoms. The van der Waals surface area contributed by atoms with Gasteiger partial charge in [0.25, 0.3) is 0 Å². The number of halogens is 1. The number of para-hydroxylation sites is 1. The zero-order valence-electron chi connectivity index (χ0n) is 15.2. The molecule has 4 aliphatic heterocycles. The number of piperazine rings is 1. The standard InChI is InChI=1S/C21H23BrN4O/c22-17-7-15(9-23-10-17)11-24-12-18-8-19(13-24)26(18)14-21(27)25-6-5-16-3-1-2-4-20(16)25/h1-4,7,9-10,18-19H,5-6,8,11-14H2. The second-order valence-electron chi connectivity index (χ2n) is 7.85. The average molecular weight is 427 g/mol. The molecule has 1 aromatic carbocycles. The van der Waals surface area contributed by atoms with Crippen LogP contribution in [0.3, 0.4) is 0 Å². The molecule has 1 amide bonds. The van der Waals surface area contributed by atoms with E-state index in [2.05, 4.69) is 55.0 Å². The lowest BCUT2D eigenvalue weighted by molar-refractivity contribution is -0.128. The number of pyridine rings is 1. The Kier molecular flexibility index (Phi) is 4.50. The van der Waals surface area contributed by atoms with Crippen molar-refractivity contribution in [3.05, 3.63) is 58.3 Å². The number of anilines is 1. The van der Waals surface area contributed by atoms with Gasteiger partial charge in [-0.3, -0.25) is 19.6 Å². The molecular weight excluding hydrogens is 404 g/mol. The molecule has 6 rings (SSSR count). The van der Waals surface area contributed by atoms with E-state index in [1.807, 2.05) is 23.4 Å². The van der Waals surface area contributed by atoms with Gasteiger partial charge in [0.2, 0.25) is 5.91 Å². The van der Waals surface area contributed by atoms with E-state index < -0.39 is 0 Å². The first-order valence-corrected chi connectivity index (χ1v) is 10.4. The summed E-state index contributed by atoms with van der Waals surface area (Å²) in [6, 6.07) is 11.4. The average Bonchev–Trinajstić information content (AvgIpc) is 3.10. The number of benzene rings is 1. The van der Waals surface area contributed by atoms with Crippen LogP contribution in [-0.2, 0) is 17.8 Å². The van der Waals surface area contributed by atoms with Gasteiger partial charge in [0.15, 0.2) is 0 Å². The molecule has 1 aromatic heterocycles. The quantitative estimate of drug-likeness (QED) is 0.753. The first-order chi connectivity index (χ1) is 13.2. The van der Waals surface area contributed by atoms with E-state index in [0.29, 0.717) is 18.6 Å². The number of nitrogens with zero attached hydrogens (tertiary/aromatic N) is 4. The van der Waals surface area contributed by atoms with Crippen LogP contribution in [0.1, 0.15) is 17.5 Å². The number of rotatable bonds is 4. The maximum Gasteiger partial charge on any atom is 0.241 e. The van der Waals surface area contributed by atoms with Gasteiger partial charge in [-0.15, -0.1) is 0 Å². The highest BCUT2D eigenvalue weighted by atomic mass is 79.9. The fraction of sp³-hybridized carbons (Fsp3) is 0.429. The molecule has 0 N–H and O–H groups in total. The number of fused-ring (bicyclic) bond motifs is 3. The van der Waals surface area contributed by atoms with Gasteiger partial charge in [-0.2, -0.15) is 0 Å². The van der Waals surface area contributed by atoms with Crippen molar-refractivity contribution in [2.75, 3.05) is 31.1 Å². The SMILES string of the molecule is O=C(CN1C2CC1CN(Cc1cncc(Br)c1)C2)N1CCc2ccccc21. The number of amides is 1. The Morgan fingerprint density at radius 2 is 2.00 bits per heavy atom. The molecule has 2 unspecified atom stereocenters. The summed E-state index contributed by atoms with van der Waals surface area (Å²) in [5.74, 6) is 0.249.